The van der Waals surface area contributed by atoms with Gasteiger partial charge in [0.1, 0.15) is 0 Å². The van der Waals surface area contributed by atoms with Crippen molar-refractivity contribution in [2.45, 2.75) is 25.9 Å². The lowest BCUT2D eigenvalue weighted by Gasteiger charge is -2.09. The van der Waals surface area contributed by atoms with Gasteiger partial charge in [-0.15, -0.1) is 0 Å². The highest BCUT2D eigenvalue weighted by Gasteiger charge is 2.07. The van der Waals surface area contributed by atoms with Crippen LogP contribution in [-0.2, 0) is 9.53 Å². The highest BCUT2D eigenvalue weighted by Crippen LogP contribution is 2.01. The van der Waals surface area contributed by atoms with Crippen LogP contribution in [0, 0.1) is 10.1 Å². The van der Waals surface area contributed by atoms with E-state index in [1.54, 1.807) is 6.92 Å². The summed E-state index contributed by atoms with van der Waals surface area (Å²) in [5.41, 5.74) is 0. The average Bonchev–Trinajstić information content (AvgIpc) is 2.03. The number of nitro groups is 1. The molecule has 0 heterocycles. The van der Waals surface area contributed by atoms with Crippen molar-refractivity contribution in [3.8, 4) is 0 Å². The lowest BCUT2D eigenvalue weighted by molar-refractivity contribution is -0.480. The fourth-order valence-corrected chi connectivity index (χ4v) is 0.813. The molecule has 0 rings (SSSR count). The second kappa shape index (κ2) is 6.16. The number of esters is 1. The van der Waals surface area contributed by atoms with Crippen molar-refractivity contribution in [3.63, 3.8) is 0 Å². The van der Waals surface area contributed by atoms with Crippen LogP contribution in [0.25, 0.3) is 0 Å². The minimum Gasteiger partial charge on any atom is -0.460 e. The van der Waals surface area contributed by atoms with E-state index in [-0.39, 0.29) is 17.6 Å². The first kappa shape index (κ1) is 11.6. The molecule has 0 aromatic heterocycles. The Hall–Kier alpha value is -1.39. The Morgan fingerprint density at radius 2 is 2.38 bits per heavy atom. The lowest BCUT2D eigenvalue weighted by atomic mass is 10.2. The van der Waals surface area contributed by atoms with Crippen molar-refractivity contribution in [2.24, 2.45) is 0 Å². The van der Waals surface area contributed by atoms with E-state index >= 15 is 0 Å². The number of hydrogen-bond acceptors (Lipinski definition) is 4. The van der Waals surface area contributed by atoms with Gasteiger partial charge in [-0.3, -0.25) is 10.1 Å². The monoisotopic (exact) mass is 187 g/mol. The molecule has 0 fully saturated rings. The summed E-state index contributed by atoms with van der Waals surface area (Å²) in [4.78, 5) is 20.2. The van der Waals surface area contributed by atoms with E-state index in [4.69, 9.17) is 4.74 Å². The molecule has 0 radical (unpaired) electrons. The normalized spacial score (nSPS) is 11.8. The van der Waals surface area contributed by atoms with Gasteiger partial charge in [0.2, 0.25) is 6.54 Å². The summed E-state index contributed by atoms with van der Waals surface area (Å²) >= 11 is 0. The van der Waals surface area contributed by atoms with Crippen LogP contribution >= 0.6 is 0 Å². The van der Waals surface area contributed by atoms with Gasteiger partial charge in [0.25, 0.3) is 0 Å². The van der Waals surface area contributed by atoms with E-state index in [1.165, 1.54) is 0 Å². The minimum absolute atomic E-state index is 0.0873. The van der Waals surface area contributed by atoms with Crippen LogP contribution in [0.5, 0.6) is 0 Å². The van der Waals surface area contributed by atoms with Crippen LogP contribution in [0.3, 0.4) is 0 Å². The van der Waals surface area contributed by atoms with E-state index in [1.807, 2.05) is 0 Å². The molecule has 13 heavy (non-hydrogen) atoms. The maximum absolute atomic E-state index is 10.6. The largest absolute Gasteiger partial charge is 0.460 e. The molecule has 0 saturated carbocycles. The fraction of sp³-hybridized carbons (Fsp3) is 0.625. The summed E-state index contributed by atoms with van der Waals surface area (Å²) < 4.78 is 4.80. The molecule has 0 aliphatic carbocycles. The Balaban J connectivity index is 3.51. The van der Waals surface area contributed by atoms with E-state index < -0.39 is 5.97 Å². The molecule has 0 aromatic rings. The predicted molar refractivity (Wildman–Crippen MR) is 46.8 cm³/mol. The van der Waals surface area contributed by atoms with E-state index in [0.717, 1.165) is 6.08 Å². The number of carbonyl (C=O) groups is 1. The first-order chi connectivity index (χ1) is 6.06. The molecule has 0 N–H and O–H groups in total. The third-order valence-corrected chi connectivity index (χ3v) is 1.44. The van der Waals surface area contributed by atoms with Gasteiger partial charge in [-0.2, -0.15) is 0 Å². The van der Waals surface area contributed by atoms with Gasteiger partial charge in [0.15, 0.2) is 0 Å². The maximum atomic E-state index is 10.6. The van der Waals surface area contributed by atoms with Crippen molar-refractivity contribution in [1.29, 1.82) is 0 Å². The maximum Gasteiger partial charge on any atom is 0.330 e. The number of rotatable bonds is 6. The molecule has 1 atom stereocenters. The molecule has 0 saturated heterocycles. The van der Waals surface area contributed by atoms with Crippen LogP contribution in [0.2, 0.25) is 0 Å². The fourth-order valence-electron chi connectivity index (χ4n) is 0.813. The molecule has 5 nitrogen and oxygen atoms in total. The number of nitrogens with zero attached hydrogens (tertiary/aromatic N) is 1. The zero-order valence-corrected chi connectivity index (χ0v) is 7.56. The zero-order valence-electron chi connectivity index (χ0n) is 7.56. The quantitative estimate of drug-likeness (QED) is 0.271. The summed E-state index contributed by atoms with van der Waals surface area (Å²) in [5.74, 6) is -0.492. The molecule has 0 bridgehead atoms. The van der Waals surface area contributed by atoms with Gasteiger partial charge in [0.05, 0.1) is 6.10 Å². The van der Waals surface area contributed by atoms with Crippen molar-refractivity contribution < 1.29 is 14.5 Å². The molecule has 1 unspecified atom stereocenters. The van der Waals surface area contributed by atoms with Gasteiger partial charge < -0.3 is 4.74 Å². The Bertz CT molecular complexity index is 202. The van der Waals surface area contributed by atoms with Gasteiger partial charge in [-0.05, 0) is 13.3 Å². The van der Waals surface area contributed by atoms with Gasteiger partial charge >= 0.3 is 5.97 Å². The molecular formula is C8H13NO4. The standard InChI is InChI=1S/C8H13NO4/c1-3-8(10)13-7(2)5-4-6-9(11)12/h3,7H,1,4-6H2,2H3. The van der Waals surface area contributed by atoms with Gasteiger partial charge in [-0.1, -0.05) is 6.58 Å². The molecule has 5 heteroatoms. The number of carbonyl (C=O) groups excluding carboxylic acids is 1. The zero-order chi connectivity index (χ0) is 10.3. The summed E-state index contributed by atoms with van der Waals surface area (Å²) in [6.45, 7) is 4.85. The Labute approximate surface area is 76.5 Å². The Kier molecular flexibility index (Phi) is 5.50. The molecule has 0 aromatic carbocycles. The SMILES string of the molecule is C=CC(=O)OC(C)CCC[N+](=O)[O-]. The van der Waals surface area contributed by atoms with E-state index in [0.29, 0.717) is 12.8 Å². The van der Waals surface area contributed by atoms with Gasteiger partial charge in [-0.25, -0.2) is 4.79 Å². The van der Waals surface area contributed by atoms with E-state index in [2.05, 4.69) is 6.58 Å². The first-order valence-corrected chi connectivity index (χ1v) is 4.01. The molecule has 0 spiro atoms. The molecule has 0 amide bonds. The molecule has 0 aliphatic rings. The van der Waals surface area contributed by atoms with Crippen LogP contribution in [-0.4, -0.2) is 23.5 Å². The summed E-state index contributed by atoms with van der Waals surface area (Å²) in [6, 6.07) is 0. The van der Waals surface area contributed by atoms with Gasteiger partial charge in [0, 0.05) is 17.4 Å². The second-order valence-corrected chi connectivity index (χ2v) is 2.65. The minimum atomic E-state index is -0.492. The highest BCUT2D eigenvalue weighted by molar-refractivity contribution is 5.81. The average molecular weight is 187 g/mol. The second-order valence-electron chi connectivity index (χ2n) is 2.65. The Morgan fingerprint density at radius 3 is 2.85 bits per heavy atom. The number of ether oxygens (including phenoxy) is 1. The summed E-state index contributed by atoms with van der Waals surface area (Å²) in [6.07, 6.45) is 1.70. The highest BCUT2D eigenvalue weighted by atomic mass is 16.6. The summed E-state index contributed by atoms with van der Waals surface area (Å²) in [5, 5.41) is 9.94. The third-order valence-electron chi connectivity index (χ3n) is 1.44. The molecule has 74 valence electrons. The molecular weight excluding hydrogens is 174 g/mol. The topological polar surface area (TPSA) is 69.4 Å². The van der Waals surface area contributed by atoms with Crippen LogP contribution < -0.4 is 0 Å². The van der Waals surface area contributed by atoms with E-state index in [9.17, 15) is 14.9 Å². The van der Waals surface area contributed by atoms with Crippen LogP contribution in [0.15, 0.2) is 12.7 Å². The van der Waals surface area contributed by atoms with Crippen molar-refractivity contribution in [2.75, 3.05) is 6.54 Å². The third kappa shape index (κ3) is 6.99. The Morgan fingerprint density at radius 1 is 1.77 bits per heavy atom. The number of hydrogen-bond donors (Lipinski definition) is 0. The van der Waals surface area contributed by atoms with Crippen LogP contribution in [0.4, 0.5) is 0 Å². The summed E-state index contributed by atoms with van der Waals surface area (Å²) in [7, 11) is 0. The van der Waals surface area contributed by atoms with Crippen LogP contribution in [0.1, 0.15) is 19.8 Å². The smallest absolute Gasteiger partial charge is 0.330 e. The predicted octanol–water partition coefficient (Wildman–Crippen LogP) is 1.16. The van der Waals surface area contributed by atoms with Crippen molar-refractivity contribution in [1.82, 2.24) is 0 Å². The van der Waals surface area contributed by atoms with Crippen molar-refractivity contribution in [3.05, 3.63) is 22.8 Å². The molecule has 0 aliphatic heterocycles. The first-order valence-electron chi connectivity index (χ1n) is 4.01. The van der Waals surface area contributed by atoms with Crippen molar-refractivity contribution >= 4 is 5.97 Å². The lowest BCUT2D eigenvalue weighted by Crippen LogP contribution is -2.14.